The van der Waals surface area contributed by atoms with Crippen molar-refractivity contribution in [3.63, 3.8) is 0 Å². The van der Waals surface area contributed by atoms with E-state index in [1.165, 1.54) is 23.7 Å². The van der Waals surface area contributed by atoms with E-state index in [2.05, 4.69) is 35.8 Å². The minimum absolute atomic E-state index is 0.676. The molecule has 2 fully saturated rings. The van der Waals surface area contributed by atoms with Crippen LogP contribution < -0.4 is 5.32 Å². The summed E-state index contributed by atoms with van der Waals surface area (Å²) in [6.07, 6.45) is 1.25. The maximum atomic E-state index is 5.52. The molecule has 0 aromatic heterocycles. The van der Waals surface area contributed by atoms with Gasteiger partial charge in [0.15, 0.2) is 0 Å². The highest BCUT2D eigenvalue weighted by atomic mass is 32.2. The molecule has 2 heterocycles. The molecule has 0 saturated carbocycles. The number of ether oxygens (including phenoxy) is 1. The molecule has 2 aliphatic rings. The summed E-state index contributed by atoms with van der Waals surface area (Å²) in [5.74, 6) is 4.73. The topological polar surface area (TPSA) is 21.3 Å². The Morgan fingerprint density at radius 1 is 1.47 bits per heavy atom. The van der Waals surface area contributed by atoms with Crippen LogP contribution in [0.25, 0.3) is 0 Å². The Bertz CT molecular complexity index is 179. The molecule has 0 radical (unpaired) electrons. The Labute approximate surface area is 101 Å². The lowest BCUT2D eigenvalue weighted by atomic mass is 9.96. The second-order valence-electron chi connectivity index (χ2n) is 4.19. The molecular weight excluding hydrogens is 226 g/mol. The van der Waals surface area contributed by atoms with Gasteiger partial charge >= 0.3 is 0 Å². The van der Waals surface area contributed by atoms with Gasteiger partial charge in [0.1, 0.15) is 0 Å². The number of rotatable bonds is 4. The molecule has 0 aliphatic carbocycles. The summed E-state index contributed by atoms with van der Waals surface area (Å²) < 4.78 is 5.52. The van der Waals surface area contributed by atoms with E-state index in [-0.39, 0.29) is 0 Å². The molecule has 0 amide bonds. The average molecular weight is 247 g/mol. The zero-order chi connectivity index (χ0) is 10.5. The fourth-order valence-electron chi connectivity index (χ4n) is 2.39. The van der Waals surface area contributed by atoms with Gasteiger partial charge in [0.05, 0.1) is 6.61 Å². The first-order chi connectivity index (χ1) is 7.42. The number of hydrogen-bond donors (Lipinski definition) is 1. The molecule has 88 valence electrons. The standard InChI is InChI=1S/C11H21NOS2/c1-2-12-11(9-3-4-13-7-9)10-8-14-5-6-15-10/h9-12H,2-8H2,1H3. The first-order valence-electron chi connectivity index (χ1n) is 5.92. The zero-order valence-electron chi connectivity index (χ0n) is 9.41. The predicted molar refractivity (Wildman–Crippen MR) is 70.0 cm³/mol. The smallest absolute Gasteiger partial charge is 0.0510 e. The van der Waals surface area contributed by atoms with Crippen LogP contribution in [0.5, 0.6) is 0 Å². The van der Waals surface area contributed by atoms with Gasteiger partial charge in [-0.25, -0.2) is 0 Å². The Hall–Kier alpha value is 0.620. The van der Waals surface area contributed by atoms with Crippen molar-refractivity contribution in [2.45, 2.75) is 24.6 Å². The molecule has 0 aromatic carbocycles. The van der Waals surface area contributed by atoms with Crippen LogP contribution in [-0.2, 0) is 4.74 Å². The zero-order valence-corrected chi connectivity index (χ0v) is 11.0. The summed E-state index contributed by atoms with van der Waals surface area (Å²) >= 11 is 4.27. The molecule has 0 aromatic rings. The molecule has 2 aliphatic heterocycles. The van der Waals surface area contributed by atoms with Crippen molar-refractivity contribution in [2.24, 2.45) is 5.92 Å². The van der Waals surface area contributed by atoms with E-state index in [1.54, 1.807) is 0 Å². The van der Waals surface area contributed by atoms with Crippen molar-refractivity contribution in [1.82, 2.24) is 5.32 Å². The van der Waals surface area contributed by atoms with Crippen LogP contribution in [0.15, 0.2) is 0 Å². The minimum atomic E-state index is 0.676. The lowest BCUT2D eigenvalue weighted by Crippen LogP contribution is -2.46. The van der Waals surface area contributed by atoms with Gasteiger partial charge in [0, 0.05) is 41.1 Å². The maximum absolute atomic E-state index is 5.52. The van der Waals surface area contributed by atoms with Crippen LogP contribution in [0.4, 0.5) is 0 Å². The summed E-state index contributed by atoms with van der Waals surface area (Å²) in [5.41, 5.74) is 0. The summed E-state index contributed by atoms with van der Waals surface area (Å²) in [6.45, 7) is 5.24. The van der Waals surface area contributed by atoms with E-state index in [0.29, 0.717) is 6.04 Å². The van der Waals surface area contributed by atoms with Gasteiger partial charge in [0.25, 0.3) is 0 Å². The SMILES string of the molecule is CCNC(C1CCOC1)C1CSCCS1. The second kappa shape index (κ2) is 6.38. The van der Waals surface area contributed by atoms with Crippen molar-refractivity contribution >= 4 is 23.5 Å². The van der Waals surface area contributed by atoms with Gasteiger partial charge in [-0.1, -0.05) is 6.92 Å². The number of thioether (sulfide) groups is 2. The molecule has 2 saturated heterocycles. The molecule has 0 spiro atoms. The molecule has 1 N–H and O–H groups in total. The Kier molecular flexibility index (Phi) is 5.14. The van der Waals surface area contributed by atoms with Gasteiger partial charge in [-0.15, -0.1) is 0 Å². The monoisotopic (exact) mass is 247 g/mol. The lowest BCUT2D eigenvalue weighted by molar-refractivity contribution is 0.177. The van der Waals surface area contributed by atoms with Crippen LogP contribution >= 0.6 is 23.5 Å². The van der Waals surface area contributed by atoms with E-state index in [4.69, 9.17) is 4.74 Å². The first-order valence-corrected chi connectivity index (χ1v) is 8.12. The summed E-state index contributed by atoms with van der Waals surface area (Å²) in [4.78, 5) is 0. The summed E-state index contributed by atoms with van der Waals surface area (Å²) in [7, 11) is 0. The van der Waals surface area contributed by atoms with Gasteiger partial charge in [-0.2, -0.15) is 23.5 Å². The van der Waals surface area contributed by atoms with Crippen molar-refractivity contribution in [2.75, 3.05) is 37.0 Å². The first kappa shape index (κ1) is 12.1. The fourth-order valence-corrected chi connectivity index (χ4v) is 5.35. The van der Waals surface area contributed by atoms with E-state index in [1.807, 2.05) is 0 Å². The van der Waals surface area contributed by atoms with Crippen LogP contribution in [0.2, 0.25) is 0 Å². The molecule has 4 heteroatoms. The van der Waals surface area contributed by atoms with E-state index in [9.17, 15) is 0 Å². The third-order valence-electron chi connectivity index (χ3n) is 3.15. The van der Waals surface area contributed by atoms with Crippen LogP contribution in [0.3, 0.4) is 0 Å². The molecule has 3 unspecified atom stereocenters. The van der Waals surface area contributed by atoms with E-state index in [0.717, 1.165) is 30.9 Å². The number of nitrogens with one attached hydrogen (secondary N) is 1. The Morgan fingerprint density at radius 2 is 2.40 bits per heavy atom. The summed E-state index contributed by atoms with van der Waals surface area (Å²) in [5, 5.41) is 4.48. The van der Waals surface area contributed by atoms with Gasteiger partial charge in [-0.05, 0) is 13.0 Å². The van der Waals surface area contributed by atoms with Crippen molar-refractivity contribution in [3.05, 3.63) is 0 Å². The highest BCUT2D eigenvalue weighted by molar-refractivity contribution is 8.06. The fraction of sp³-hybridized carbons (Fsp3) is 1.00. The van der Waals surface area contributed by atoms with Crippen LogP contribution in [0, 0.1) is 5.92 Å². The molecule has 15 heavy (non-hydrogen) atoms. The van der Waals surface area contributed by atoms with Gasteiger partial charge in [0.2, 0.25) is 0 Å². The predicted octanol–water partition coefficient (Wildman–Crippen LogP) is 1.85. The quantitative estimate of drug-likeness (QED) is 0.818. The van der Waals surface area contributed by atoms with Crippen LogP contribution in [-0.4, -0.2) is 48.3 Å². The molecule has 3 atom stereocenters. The van der Waals surface area contributed by atoms with Crippen molar-refractivity contribution < 1.29 is 4.74 Å². The maximum Gasteiger partial charge on any atom is 0.0510 e. The summed E-state index contributed by atoms with van der Waals surface area (Å²) in [6, 6.07) is 0.676. The second-order valence-corrected chi connectivity index (χ2v) is 6.69. The third kappa shape index (κ3) is 3.29. The normalized spacial score (nSPS) is 34.2. The van der Waals surface area contributed by atoms with E-state index >= 15 is 0 Å². The average Bonchev–Trinajstić information content (AvgIpc) is 2.80. The molecule has 2 nitrogen and oxygen atoms in total. The van der Waals surface area contributed by atoms with Gasteiger partial charge < -0.3 is 10.1 Å². The van der Waals surface area contributed by atoms with Crippen molar-refractivity contribution in [3.8, 4) is 0 Å². The van der Waals surface area contributed by atoms with Crippen LogP contribution in [0.1, 0.15) is 13.3 Å². The van der Waals surface area contributed by atoms with E-state index < -0.39 is 0 Å². The third-order valence-corrected chi connectivity index (χ3v) is 6.04. The van der Waals surface area contributed by atoms with Crippen molar-refractivity contribution in [1.29, 1.82) is 0 Å². The Balaban J connectivity index is 1.90. The number of hydrogen-bond acceptors (Lipinski definition) is 4. The highest BCUT2D eigenvalue weighted by Crippen LogP contribution is 2.31. The largest absolute Gasteiger partial charge is 0.381 e. The molecule has 2 rings (SSSR count). The minimum Gasteiger partial charge on any atom is -0.381 e. The lowest BCUT2D eigenvalue weighted by Gasteiger charge is -2.33. The molecular formula is C11H21NOS2. The molecule has 0 bridgehead atoms. The Morgan fingerprint density at radius 3 is 3.00 bits per heavy atom. The highest BCUT2D eigenvalue weighted by Gasteiger charge is 2.32. The van der Waals surface area contributed by atoms with Gasteiger partial charge in [-0.3, -0.25) is 0 Å².